The summed E-state index contributed by atoms with van der Waals surface area (Å²) in [5, 5.41) is 20.2. The van der Waals surface area contributed by atoms with Gasteiger partial charge in [-0.15, -0.1) is 0 Å². The van der Waals surface area contributed by atoms with E-state index in [0.29, 0.717) is 17.9 Å². The summed E-state index contributed by atoms with van der Waals surface area (Å²) in [6.07, 6.45) is 7.65. The largest absolute Gasteiger partial charge is 0.497 e. The average molecular weight is 398 g/mol. The van der Waals surface area contributed by atoms with Gasteiger partial charge in [0.05, 0.1) is 13.2 Å². The summed E-state index contributed by atoms with van der Waals surface area (Å²) in [4.78, 5) is 9.46. The zero-order chi connectivity index (χ0) is 20.1. The average Bonchev–Trinajstić information content (AvgIpc) is 2.76. The van der Waals surface area contributed by atoms with E-state index in [-0.39, 0.29) is 6.10 Å². The number of ether oxygens (including phenoxy) is 1. The van der Waals surface area contributed by atoms with Crippen LogP contribution < -0.4 is 20.7 Å². The molecule has 4 rings (SSSR count). The van der Waals surface area contributed by atoms with Crippen molar-refractivity contribution in [2.24, 2.45) is 0 Å². The van der Waals surface area contributed by atoms with Crippen LogP contribution in [0.2, 0.25) is 0 Å². The Kier molecular flexibility index (Phi) is 6.46. The first-order valence-corrected chi connectivity index (χ1v) is 10.6. The van der Waals surface area contributed by atoms with Crippen molar-refractivity contribution < 1.29 is 9.84 Å². The summed E-state index contributed by atoms with van der Waals surface area (Å²) in [5.41, 5.74) is 2.10. The number of aliphatic hydroxyl groups excluding tert-OH is 1. The Morgan fingerprint density at radius 1 is 1.10 bits per heavy atom. The molecule has 2 heterocycles. The van der Waals surface area contributed by atoms with Crippen molar-refractivity contribution in [3.8, 4) is 5.75 Å². The Labute approximate surface area is 172 Å². The molecule has 0 unspecified atom stereocenters. The first-order valence-electron chi connectivity index (χ1n) is 10.6. The maximum atomic E-state index is 9.82. The number of nitrogens with zero attached hydrogens (tertiary/aromatic N) is 2. The number of aromatic nitrogens is 2. The Balaban J connectivity index is 1.56. The standard InChI is InChI=1S/C22H31N5O2/c1-29-19-4-2-3-17(13-19)26-22-24-14-20(15-9-11-23-12-10-15)21(27-22)25-16-5-7-18(28)8-6-16/h2-4,13-16,18,23,28H,5-12H2,1H3,(H2,24,25,26,27)/t16-,18-. The van der Waals surface area contributed by atoms with E-state index in [4.69, 9.17) is 9.72 Å². The lowest BCUT2D eigenvalue weighted by Gasteiger charge is -2.29. The first kappa shape index (κ1) is 19.9. The Morgan fingerprint density at radius 3 is 2.66 bits per heavy atom. The summed E-state index contributed by atoms with van der Waals surface area (Å²) in [7, 11) is 1.66. The second-order valence-electron chi connectivity index (χ2n) is 8.03. The lowest BCUT2D eigenvalue weighted by Crippen LogP contribution is -2.30. The van der Waals surface area contributed by atoms with Crippen molar-refractivity contribution in [2.45, 2.75) is 56.6 Å². The molecule has 1 aliphatic carbocycles. The fourth-order valence-electron chi connectivity index (χ4n) is 4.24. The van der Waals surface area contributed by atoms with Gasteiger partial charge in [-0.25, -0.2) is 4.98 Å². The molecule has 29 heavy (non-hydrogen) atoms. The molecule has 2 fully saturated rings. The van der Waals surface area contributed by atoms with Crippen molar-refractivity contribution >= 4 is 17.5 Å². The normalized spacial score (nSPS) is 22.8. The molecular weight excluding hydrogens is 366 g/mol. The molecule has 0 atom stereocenters. The topological polar surface area (TPSA) is 91.3 Å². The van der Waals surface area contributed by atoms with Crippen molar-refractivity contribution in [1.29, 1.82) is 0 Å². The van der Waals surface area contributed by atoms with Crippen LogP contribution in [0.4, 0.5) is 17.5 Å². The molecule has 0 spiro atoms. The number of aliphatic hydroxyl groups is 1. The minimum absolute atomic E-state index is 0.160. The summed E-state index contributed by atoms with van der Waals surface area (Å²) in [6, 6.07) is 8.11. The minimum atomic E-state index is -0.160. The predicted octanol–water partition coefficient (Wildman–Crippen LogP) is 3.41. The van der Waals surface area contributed by atoms with Gasteiger partial charge in [-0.1, -0.05) is 6.07 Å². The van der Waals surface area contributed by atoms with E-state index in [1.165, 1.54) is 5.56 Å². The molecule has 1 saturated carbocycles. The fraction of sp³-hybridized carbons (Fsp3) is 0.545. The van der Waals surface area contributed by atoms with Gasteiger partial charge in [0.1, 0.15) is 11.6 Å². The Hall–Kier alpha value is -2.38. The summed E-state index contributed by atoms with van der Waals surface area (Å²) >= 11 is 0. The van der Waals surface area contributed by atoms with E-state index in [0.717, 1.165) is 68.9 Å². The fourth-order valence-corrected chi connectivity index (χ4v) is 4.24. The maximum Gasteiger partial charge on any atom is 0.229 e. The number of benzene rings is 1. The number of piperidine rings is 1. The maximum absolute atomic E-state index is 9.82. The van der Waals surface area contributed by atoms with Crippen LogP contribution in [-0.2, 0) is 0 Å². The molecule has 1 saturated heterocycles. The highest BCUT2D eigenvalue weighted by Gasteiger charge is 2.24. The molecular formula is C22H31N5O2. The molecule has 1 aromatic heterocycles. The van der Waals surface area contributed by atoms with Gasteiger partial charge in [-0.3, -0.25) is 0 Å². The molecule has 1 aromatic carbocycles. The number of nitrogens with one attached hydrogen (secondary N) is 3. The number of hydrogen-bond donors (Lipinski definition) is 4. The van der Waals surface area contributed by atoms with E-state index in [1.54, 1.807) is 7.11 Å². The summed E-state index contributed by atoms with van der Waals surface area (Å²) < 4.78 is 5.30. The van der Waals surface area contributed by atoms with Crippen molar-refractivity contribution in [2.75, 3.05) is 30.8 Å². The molecule has 0 amide bonds. The van der Waals surface area contributed by atoms with E-state index in [2.05, 4.69) is 20.9 Å². The van der Waals surface area contributed by atoms with Gasteiger partial charge >= 0.3 is 0 Å². The lowest BCUT2D eigenvalue weighted by atomic mass is 9.90. The zero-order valence-electron chi connectivity index (χ0n) is 17.0. The van der Waals surface area contributed by atoms with Crippen molar-refractivity contribution in [1.82, 2.24) is 15.3 Å². The van der Waals surface area contributed by atoms with Gasteiger partial charge < -0.3 is 25.8 Å². The van der Waals surface area contributed by atoms with Gasteiger partial charge in [0.25, 0.3) is 0 Å². The van der Waals surface area contributed by atoms with Crippen molar-refractivity contribution in [3.05, 3.63) is 36.0 Å². The smallest absolute Gasteiger partial charge is 0.229 e. The highest BCUT2D eigenvalue weighted by molar-refractivity contribution is 5.58. The monoisotopic (exact) mass is 397 g/mol. The highest BCUT2D eigenvalue weighted by Crippen LogP contribution is 2.32. The van der Waals surface area contributed by atoms with Crippen molar-refractivity contribution in [3.63, 3.8) is 0 Å². The summed E-state index contributed by atoms with van der Waals surface area (Å²) in [6.45, 7) is 2.06. The molecule has 156 valence electrons. The molecule has 7 heteroatoms. The summed E-state index contributed by atoms with van der Waals surface area (Å²) in [5.74, 6) is 2.77. The third kappa shape index (κ3) is 5.16. The predicted molar refractivity (Wildman–Crippen MR) is 115 cm³/mol. The van der Waals surface area contributed by atoms with Gasteiger partial charge in [-0.2, -0.15) is 4.98 Å². The van der Waals surface area contributed by atoms with Crippen LogP contribution in [0.15, 0.2) is 30.5 Å². The van der Waals surface area contributed by atoms with Gasteiger partial charge in [0.15, 0.2) is 0 Å². The molecule has 0 bridgehead atoms. The van der Waals surface area contributed by atoms with Crippen LogP contribution in [0.25, 0.3) is 0 Å². The van der Waals surface area contributed by atoms with Gasteiger partial charge in [0, 0.05) is 29.6 Å². The second-order valence-corrected chi connectivity index (χ2v) is 8.03. The second kappa shape index (κ2) is 9.41. The van der Waals surface area contributed by atoms with Crippen LogP contribution in [0, 0.1) is 0 Å². The van der Waals surface area contributed by atoms with Gasteiger partial charge in [0.2, 0.25) is 5.95 Å². The Morgan fingerprint density at radius 2 is 1.90 bits per heavy atom. The third-order valence-electron chi connectivity index (χ3n) is 5.96. The van der Waals surface area contributed by atoms with Crippen LogP contribution in [-0.4, -0.2) is 47.4 Å². The van der Waals surface area contributed by atoms with Crippen LogP contribution in [0.1, 0.15) is 50.0 Å². The third-order valence-corrected chi connectivity index (χ3v) is 5.96. The quantitative estimate of drug-likeness (QED) is 0.594. The van der Waals surface area contributed by atoms with E-state index < -0.39 is 0 Å². The molecule has 2 aromatic rings. The Bertz CT molecular complexity index is 802. The highest BCUT2D eigenvalue weighted by atomic mass is 16.5. The SMILES string of the molecule is COc1cccc(Nc2ncc(C3CCNCC3)c(N[C@H]3CC[C@H](O)CC3)n2)c1. The van der Waals surface area contributed by atoms with Gasteiger partial charge in [-0.05, 0) is 69.7 Å². The van der Waals surface area contributed by atoms with E-state index in [1.807, 2.05) is 30.5 Å². The van der Waals surface area contributed by atoms with E-state index in [9.17, 15) is 5.11 Å². The first-order chi connectivity index (χ1) is 14.2. The number of hydrogen-bond acceptors (Lipinski definition) is 7. The molecule has 1 aliphatic heterocycles. The number of rotatable bonds is 6. The molecule has 7 nitrogen and oxygen atoms in total. The molecule has 0 radical (unpaired) electrons. The number of methoxy groups -OCH3 is 1. The van der Waals surface area contributed by atoms with Crippen LogP contribution >= 0.6 is 0 Å². The van der Waals surface area contributed by atoms with Crippen LogP contribution in [0.3, 0.4) is 0 Å². The van der Waals surface area contributed by atoms with E-state index >= 15 is 0 Å². The number of anilines is 3. The zero-order valence-corrected chi connectivity index (χ0v) is 17.0. The lowest BCUT2D eigenvalue weighted by molar-refractivity contribution is 0.126. The molecule has 2 aliphatic rings. The minimum Gasteiger partial charge on any atom is -0.497 e. The molecule has 4 N–H and O–H groups in total. The van der Waals surface area contributed by atoms with Crippen LogP contribution in [0.5, 0.6) is 5.75 Å².